The second-order valence-electron chi connectivity index (χ2n) is 5.82. The predicted octanol–water partition coefficient (Wildman–Crippen LogP) is 4.16. The van der Waals surface area contributed by atoms with E-state index in [9.17, 15) is 4.79 Å². The molecular weight excluding hydrogens is 343 g/mol. The van der Waals surface area contributed by atoms with Crippen LogP contribution in [0.15, 0.2) is 54.6 Å². The van der Waals surface area contributed by atoms with Crippen molar-refractivity contribution in [2.75, 3.05) is 37.6 Å². The van der Waals surface area contributed by atoms with Gasteiger partial charge in [-0.1, -0.05) is 54.1 Å². The molecule has 1 fully saturated rings. The molecular formula is C19H22Cl2N2O. The molecule has 0 radical (unpaired) electrons. The number of rotatable bonds is 5. The highest BCUT2D eigenvalue weighted by atomic mass is 35.5. The maximum Gasteiger partial charge on any atom is 0.164 e. The summed E-state index contributed by atoms with van der Waals surface area (Å²) in [4.78, 5) is 16.8. The van der Waals surface area contributed by atoms with Gasteiger partial charge in [-0.05, 0) is 12.1 Å². The first kappa shape index (κ1) is 18.8. The van der Waals surface area contributed by atoms with E-state index in [1.54, 1.807) is 0 Å². The fourth-order valence-electron chi connectivity index (χ4n) is 2.95. The molecule has 2 aromatic carbocycles. The number of halogens is 2. The molecule has 0 saturated carbocycles. The molecule has 2 aromatic rings. The molecule has 3 nitrogen and oxygen atoms in total. The number of benzene rings is 2. The lowest BCUT2D eigenvalue weighted by atomic mass is 10.1. The zero-order valence-electron chi connectivity index (χ0n) is 13.5. The van der Waals surface area contributed by atoms with Gasteiger partial charge in [0.15, 0.2) is 5.78 Å². The number of piperazine rings is 1. The van der Waals surface area contributed by atoms with Crippen molar-refractivity contribution in [2.45, 2.75) is 6.42 Å². The van der Waals surface area contributed by atoms with E-state index in [0.717, 1.165) is 49.0 Å². The van der Waals surface area contributed by atoms with Gasteiger partial charge in [0.05, 0.1) is 10.7 Å². The van der Waals surface area contributed by atoms with E-state index in [2.05, 4.69) is 15.9 Å². The van der Waals surface area contributed by atoms with Gasteiger partial charge in [-0.15, -0.1) is 12.4 Å². The van der Waals surface area contributed by atoms with Crippen LogP contribution in [-0.4, -0.2) is 43.4 Å². The molecule has 0 aromatic heterocycles. The van der Waals surface area contributed by atoms with E-state index < -0.39 is 0 Å². The molecule has 1 heterocycles. The van der Waals surface area contributed by atoms with Crippen molar-refractivity contribution < 1.29 is 4.79 Å². The Labute approximate surface area is 154 Å². The quantitative estimate of drug-likeness (QED) is 0.744. The number of para-hydroxylation sites is 1. The Hall–Kier alpha value is -1.55. The maximum absolute atomic E-state index is 12.2. The second kappa shape index (κ2) is 9.07. The fraction of sp³-hybridized carbons (Fsp3) is 0.316. The number of anilines is 1. The molecule has 0 N–H and O–H groups in total. The van der Waals surface area contributed by atoms with Crippen LogP contribution in [0, 0.1) is 0 Å². The van der Waals surface area contributed by atoms with Crippen LogP contribution in [0.3, 0.4) is 0 Å². The third kappa shape index (κ3) is 4.73. The van der Waals surface area contributed by atoms with Crippen LogP contribution in [0.2, 0.25) is 5.02 Å². The summed E-state index contributed by atoms with van der Waals surface area (Å²) >= 11 is 6.26. The lowest BCUT2D eigenvalue weighted by molar-refractivity contribution is 0.0962. The number of Topliss-reactive ketones (excluding diaryl/α,β-unsaturated/α-hetero) is 1. The molecule has 0 amide bonds. The molecule has 1 aliphatic heterocycles. The average Bonchev–Trinajstić information content (AvgIpc) is 2.61. The highest BCUT2D eigenvalue weighted by Gasteiger charge is 2.19. The summed E-state index contributed by atoms with van der Waals surface area (Å²) in [5, 5.41) is 0.806. The van der Waals surface area contributed by atoms with Crippen LogP contribution >= 0.6 is 24.0 Å². The minimum Gasteiger partial charge on any atom is -0.368 e. The van der Waals surface area contributed by atoms with Gasteiger partial charge in [0.2, 0.25) is 0 Å². The molecule has 0 bridgehead atoms. The zero-order chi connectivity index (χ0) is 16.1. The minimum absolute atomic E-state index is 0. The van der Waals surface area contributed by atoms with Crippen molar-refractivity contribution in [3.63, 3.8) is 0 Å². The van der Waals surface area contributed by atoms with Crippen molar-refractivity contribution in [1.82, 2.24) is 4.90 Å². The molecule has 0 atom stereocenters. The SMILES string of the molecule is Cl.O=C(CCN1CCN(c2ccccc2Cl)CC1)c1ccccc1. The highest BCUT2D eigenvalue weighted by Crippen LogP contribution is 2.26. The summed E-state index contributed by atoms with van der Waals surface area (Å²) in [5.74, 6) is 0.221. The number of ketones is 1. The Kier molecular flexibility index (Phi) is 7.10. The molecule has 1 aliphatic rings. The van der Waals surface area contributed by atoms with Gasteiger partial charge >= 0.3 is 0 Å². The van der Waals surface area contributed by atoms with E-state index in [1.807, 2.05) is 48.5 Å². The monoisotopic (exact) mass is 364 g/mol. The first-order chi connectivity index (χ1) is 11.2. The number of nitrogens with zero attached hydrogens (tertiary/aromatic N) is 2. The van der Waals surface area contributed by atoms with Crippen molar-refractivity contribution in [3.8, 4) is 0 Å². The van der Waals surface area contributed by atoms with Gasteiger partial charge in [-0.3, -0.25) is 9.69 Å². The maximum atomic E-state index is 12.2. The molecule has 0 aliphatic carbocycles. The summed E-state index contributed by atoms with van der Waals surface area (Å²) < 4.78 is 0. The van der Waals surface area contributed by atoms with Crippen molar-refractivity contribution >= 4 is 35.5 Å². The van der Waals surface area contributed by atoms with Crippen LogP contribution in [0.4, 0.5) is 5.69 Å². The largest absolute Gasteiger partial charge is 0.368 e. The van der Waals surface area contributed by atoms with Crippen LogP contribution in [0.1, 0.15) is 16.8 Å². The van der Waals surface area contributed by atoms with Crippen LogP contribution in [-0.2, 0) is 0 Å². The van der Waals surface area contributed by atoms with Gasteiger partial charge < -0.3 is 4.90 Å². The van der Waals surface area contributed by atoms with Gasteiger partial charge in [-0.2, -0.15) is 0 Å². The first-order valence-electron chi connectivity index (χ1n) is 8.04. The third-order valence-electron chi connectivity index (χ3n) is 4.32. The Morgan fingerprint density at radius 3 is 2.21 bits per heavy atom. The lowest BCUT2D eigenvalue weighted by Crippen LogP contribution is -2.47. The summed E-state index contributed by atoms with van der Waals surface area (Å²) in [6.45, 7) is 4.65. The minimum atomic E-state index is 0. The predicted molar refractivity (Wildman–Crippen MR) is 103 cm³/mol. The van der Waals surface area contributed by atoms with Crippen LogP contribution in [0.5, 0.6) is 0 Å². The molecule has 0 spiro atoms. The number of carbonyl (C=O) groups excluding carboxylic acids is 1. The van der Waals surface area contributed by atoms with Crippen LogP contribution in [0.25, 0.3) is 0 Å². The first-order valence-corrected chi connectivity index (χ1v) is 8.42. The standard InChI is InChI=1S/C19H21ClN2O.ClH/c20-17-8-4-5-9-18(17)22-14-12-21(13-15-22)11-10-19(23)16-6-2-1-3-7-16;/h1-9H,10-15H2;1H. The number of hydrogen-bond donors (Lipinski definition) is 0. The summed E-state index contributed by atoms with van der Waals surface area (Å²) in [5.41, 5.74) is 1.91. The summed E-state index contributed by atoms with van der Waals surface area (Å²) in [6, 6.07) is 17.5. The fourth-order valence-corrected chi connectivity index (χ4v) is 3.20. The van der Waals surface area contributed by atoms with Gasteiger partial charge in [-0.25, -0.2) is 0 Å². The molecule has 5 heteroatoms. The van der Waals surface area contributed by atoms with Gasteiger partial charge in [0.25, 0.3) is 0 Å². The van der Waals surface area contributed by atoms with Gasteiger partial charge in [0, 0.05) is 44.7 Å². The van der Waals surface area contributed by atoms with E-state index in [-0.39, 0.29) is 18.2 Å². The van der Waals surface area contributed by atoms with Gasteiger partial charge in [0.1, 0.15) is 0 Å². The molecule has 24 heavy (non-hydrogen) atoms. The molecule has 128 valence electrons. The average molecular weight is 365 g/mol. The van der Waals surface area contributed by atoms with E-state index in [0.29, 0.717) is 6.42 Å². The van der Waals surface area contributed by atoms with Crippen LogP contribution < -0.4 is 4.90 Å². The Bertz CT molecular complexity index is 655. The molecule has 3 rings (SSSR count). The zero-order valence-corrected chi connectivity index (χ0v) is 15.1. The normalized spacial score (nSPS) is 15.0. The molecule has 0 unspecified atom stereocenters. The van der Waals surface area contributed by atoms with E-state index in [1.165, 1.54) is 0 Å². The van der Waals surface area contributed by atoms with E-state index >= 15 is 0 Å². The van der Waals surface area contributed by atoms with Crippen molar-refractivity contribution in [2.24, 2.45) is 0 Å². The smallest absolute Gasteiger partial charge is 0.164 e. The van der Waals surface area contributed by atoms with Crippen molar-refractivity contribution in [3.05, 3.63) is 65.2 Å². The highest BCUT2D eigenvalue weighted by molar-refractivity contribution is 6.33. The van der Waals surface area contributed by atoms with Crippen molar-refractivity contribution in [1.29, 1.82) is 0 Å². The summed E-state index contributed by atoms with van der Waals surface area (Å²) in [6.07, 6.45) is 0.579. The number of carbonyl (C=O) groups is 1. The topological polar surface area (TPSA) is 23.6 Å². The second-order valence-corrected chi connectivity index (χ2v) is 6.23. The number of hydrogen-bond acceptors (Lipinski definition) is 3. The summed E-state index contributed by atoms with van der Waals surface area (Å²) in [7, 11) is 0. The Balaban J connectivity index is 0.00000208. The lowest BCUT2D eigenvalue weighted by Gasteiger charge is -2.36. The Morgan fingerprint density at radius 2 is 1.54 bits per heavy atom. The third-order valence-corrected chi connectivity index (χ3v) is 4.64. The molecule has 1 saturated heterocycles. The van der Waals surface area contributed by atoms with E-state index in [4.69, 9.17) is 11.6 Å². The Morgan fingerprint density at radius 1 is 0.917 bits per heavy atom.